The summed E-state index contributed by atoms with van der Waals surface area (Å²) in [7, 11) is 0. The lowest BCUT2D eigenvalue weighted by Gasteiger charge is -2.35. The predicted molar refractivity (Wildman–Crippen MR) is 233 cm³/mol. The van der Waals surface area contributed by atoms with E-state index < -0.39 is 0 Å². The molecule has 0 saturated heterocycles. The second-order valence-corrected chi connectivity index (χ2v) is 15.4. The molecule has 0 unspecified atom stereocenters. The standard InChI is InChI=1S/C50H39BN4/c1-32-8-16-36(17-9-32)54(37-18-10-33(2)11-19-37)44-26-24-42-49-40(44)28-30-52(49)46-6-5-7-47-48(46)51(42)43-25-27-45(41-29-31-53(47)50(41)43)55(38-20-12-34(3)13-21-38)39-22-14-35(4)15-23-39/h5-31H,1-4H3. The number of anilines is 6. The highest BCUT2D eigenvalue weighted by molar-refractivity contribution is 7.00. The first-order valence-electron chi connectivity index (χ1n) is 19.2. The van der Waals surface area contributed by atoms with Crippen LogP contribution in [0.5, 0.6) is 0 Å². The number of aryl methyl sites for hydroxylation is 4. The minimum absolute atomic E-state index is 0.0866. The SMILES string of the molecule is Cc1ccc(N(c2ccc(C)cc2)c2ccc3c4c2ccn4-c2cccc4c2B3c2ccc(N(c3ccc(C)cc3)c3ccc(C)cc3)c3ccn-4c23)cc1. The van der Waals surface area contributed by atoms with Crippen LogP contribution < -0.4 is 26.2 Å². The molecule has 5 heteroatoms. The molecule has 2 aliphatic rings. The molecule has 4 nitrogen and oxygen atoms in total. The highest BCUT2D eigenvalue weighted by Gasteiger charge is 2.40. The molecule has 0 bridgehead atoms. The zero-order valence-corrected chi connectivity index (χ0v) is 31.5. The van der Waals surface area contributed by atoms with Gasteiger partial charge in [0, 0.05) is 57.3 Å². The third kappa shape index (κ3) is 4.72. The summed E-state index contributed by atoms with van der Waals surface area (Å²) in [5, 5.41) is 2.49. The lowest BCUT2D eigenvalue weighted by molar-refractivity contribution is 1.09. The lowest BCUT2D eigenvalue weighted by atomic mass is 9.34. The van der Waals surface area contributed by atoms with Crippen LogP contribution in [0.4, 0.5) is 34.1 Å². The van der Waals surface area contributed by atoms with E-state index in [9.17, 15) is 0 Å². The van der Waals surface area contributed by atoms with Crippen LogP contribution in [-0.4, -0.2) is 15.8 Å². The quantitative estimate of drug-likeness (QED) is 0.160. The molecule has 4 heterocycles. The van der Waals surface area contributed by atoms with Gasteiger partial charge in [-0.15, -0.1) is 0 Å². The molecular weight excluding hydrogens is 667 g/mol. The van der Waals surface area contributed by atoms with E-state index in [1.165, 1.54) is 83.2 Å². The number of fused-ring (bicyclic) bond motifs is 4. The molecule has 0 saturated carbocycles. The third-order valence-corrected chi connectivity index (χ3v) is 11.9. The van der Waals surface area contributed by atoms with Crippen LogP contribution in [-0.2, 0) is 0 Å². The second-order valence-electron chi connectivity index (χ2n) is 15.4. The maximum atomic E-state index is 2.43. The number of hydrogen-bond donors (Lipinski definition) is 0. The average molecular weight is 707 g/mol. The van der Waals surface area contributed by atoms with Gasteiger partial charge in [-0.3, -0.25) is 0 Å². The monoisotopic (exact) mass is 706 g/mol. The molecule has 7 aromatic carbocycles. The van der Waals surface area contributed by atoms with Crippen LogP contribution in [0.15, 0.2) is 164 Å². The maximum Gasteiger partial charge on any atom is 0.252 e. The smallest absolute Gasteiger partial charge is 0.252 e. The van der Waals surface area contributed by atoms with E-state index in [2.05, 4.69) is 211 Å². The van der Waals surface area contributed by atoms with Gasteiger partial charge in [0.25, 0.3) is 6.71 Å². The van der Waals surface area contributed by atoms with Gasteiger partial charge in [-0.2, -0.15) is 0 Å². The molecule has 0 spiro atoms. The molecule has 2 aliphatic heterocycles. The summed E-state index contributed by atoms with van der Waals surface area (Å²) in [4.78, 5) is 4.83. The van der Waals surface area contributed by atoms with Gasteiger partial charge in [-0.05, 0) is 129 Å². The molecule has 0 fully saturated rings. The van der Waals surface area contributed by atoms with Gasteiger partial charge in [0.15, 0.2) is 0 Å². The van der Waals surface area contributed by atoms with Gasteiger partial charge in [0.1, 0.15) is 0 Å². The van der Waals surface area contributed by atoms with Crippen molar-refractivity contribution in [1.82, 2.24) is 9.13 Å². The zero-order valence-electron chi connectivity index (χ0n) is 31.5. The van der Waals surface area contributed by atoms with Crippen molar-refractivity contribution in [3.63, 3.8) is 0 Å². The summed E-state index contributed by atoms with van der Waals surface area (Å²) in [6, 6.07) is 56.5. The third-order valence-electron chi connectivity index (χ3n) is 11.9. The molecule has 0 radical (unpaired) electrons. The molecule has 0 N–H and O–H groups in total. The molecule has 0 aliphatic carbocycles. The number of aromatic nitrogens is 2. The van der Waals surface area contributed by atoms with Crippen molar-refractivity contribution in [2.45, 2.75) is 27.7 Å². The first-order valence-corrected chi connectivity index (χ1v) is 19.2. The molecule has 11 rings (SSSR count). The first-order chi connectivity index (χ1) is 26.9. The van der Waals surface area contributed by atoms with Crippen LogP contribution in [0.2, 0.25) is 0 Å². The summed E-state index contributed by atoms with van der Waals surface area (Å²) >= 11 is 0. The summed E-state index contributed by atoms with van der Waals surface area (Å²) < 4.78 is 4.87. The van der Waals surface area contributed by atoms with Crippen molar-refractivity contribution in [3.8, 4) is 11.4 Å². The van der Waals surface area contributed by atoms with E-state index in [0.717, 1.165) is 22.7 Å². The minimum Gasteiger partial charge on any atom is -0.317 e. The van der Waals surface area contributed by atoms with Crippen molar-refractivity contribution in [2.75, 3.05) is 9.80 Å². The molecule has 55 heavy (non-hydrogen) atoms. The van der Waals surface area contributed by atoms with Crippen molar-refractivity contribution < 1.29 is 0 Å². The van der Waals surface area contributed by atoms with Gasteiger partial charge in [0.2, 0.25) is 0 Å². The average Bonchev–Trinajstić information content (AvgIpc) is 3.86. The fraction of sp³-hybridized carbons (Fsp3) is 0.0800. The Morgan fingerprint density at radius 2 is 0.727 bits per heavy atom. The van der Waals surface area contributed by atoms with E-state index in [4.69, 9.17) is 0 Å². The van der Waals surface area contributed by atoms with Crippen molar-refractivity contribution in [1.29, 1.82) is 0 Å². The summed E-state index contributed by atoms with van der Waals surface area (Å²) in [5.74, 6) is 0. The van der Waals surface area contributed by atoms with Crippen molar-refractivity contribution >= 4 is 79.0 Å². The normalized spacial score (nSPS) is 12.3. The van der Waals surface area contributed by atoms with Crippen LogP contribution in [0, 0.1) is 27.7 Å². The lowest BCUT2D eigenvalue weighted by Crippen LogP contribution is -2.59. The second kappa shape index (κ2) is 11.9. The molecule has 262 valence electrons. The van der Waals surface area contributed by atoms with Gasteiger partial charge >= 0.3 is 0 Å². The van der Waals surface area contributed by atoms with Gasteiger partial charge < -0.3 is 18.9 Å². The van der Waals surface area contributed by atoms with Crippen LogP contribution in [0.3, 0.4) is 0 Å². The Bertz CT molecular complexity index is 2660. The van der Waals surface area contributed by atoms with Crippen molar-refractivity contribution in [3.05, 3.63) is 186 Å². The van der Waals surface area contributed by atoms with Crippen LogP contribution >= 0.6 is 0 Å². The van der Waals surface area contributed by atoms with E-state index >= 15 is 0 Å². The molecule has 0 amide bonds. The Hall–Kier alpha value is -6.72. The van der Waals surface area contributed by atoms with E-state index in [-0.39, 0.29) is 6.71 Å². The van der Waals surface area contributed by atoms with Gasteiger partial charge in [-0.1, -0.05) is 89.0 Å². The zero-order chi connectivity index (χ0) is 36.9. The van der Waals surface area contributed by atoms with E-state index in [1.54, 1.807) is 0 Å². The molecule has 9 aromatic rings. The molecular formula is C50H39BN4. The number of rotatable bonds is 6. The number of benzene rings is 7. The summed E-state index contributed by atoms with van der Waals surface area (Å²) in [5.41, 5.74) is 21.0. The Balaban J connectivity index is 1.13. The Morgan fingerprint density at radius 1 is 0.382 bits per heavy atom. The van der Waals surface area contributed by atoms with Crippen LogP contribution in [0.1, 0.15) is 22.3 Å². The van der Waals surface area contributed by atoms with E-state index in [1.807, 2.05) is 0 Å². The minimum atomic E-state index is 0.0866. The topological polar surface area (TPSA) is 16.3 Å². The fourth-order valence-electron chi connectivity index (χ4n) is 9.16. The molecule has 0 atom stereocenters. The van der Waals surface area contributed by atoms with Crippen LogP contribution in [0.25, 0.3) is 33.2 Å². The largest absolute Gasteiger partial charge is 0.317 e. The predicted octanol–water partition coefficient (Wildman–Crippen LogP) is 10.9. The first kappa shape index (κ1) is 31.8. The Morgan fingerprint density at radius 3 is 1.07 bits per heavy atom. The number of hydrogen-bond acceptors (Lipinski definition) is 2. The number of nitrogens with zero attached hydrogens (tertiary/aromatic N) is 4. The Kier molecular flexibility index (Phi) is 6.87. The highest BCUT2D eigenvalue weighted by Crippen LogP contribution is 2.43. The Labute approximate surface area is 322 Å². The van der Waals surface area contributed by atoms with E-state index in [0.29, 0.717) is 0 Å². The fourth-order valence-corrected chi connectivity index (χ4v) is 9.16. The van der Waals surface area contributed by atoms with Gasteiger partial charge in [-0.25, -0.2) is 0 Å². The summed E-state index contributed by atoms with van der Waals surface area (Å²) in [6.45, 7) is 8.69. The summed E-state index contributed by atoms with van der Waals surface area (Å²) in [6.07, 6.45) is 4.55. The highest BCUT2D eigenvalue weighted by atomic mass is 15.2. The van der Waals surface area contributed by atoms with Crippen molar-refractivity contribution in [2.24, 2.45) is 0 Å². The van der Waals surface area contributed by atoms with Gasteiger partial charge in [0.05, 0.1) is 22.4 Å². The maximum absolute atomic E-state index is 2.43. The molecule has 2 aromatic heterocycles.